The summed E-state index contributed by atoms with van der Waals surface area (Å²) in [5.41, 5.74) is 1.72. The quantitative estimate of drug-likeness (QED) is 0.710. The number of rotatable bonds is 5. The first-order valence-electron chi connectivity index (χ1n) is 8.95. The number of fused-ring (bicyclic) bond motifs is 1. The van der Waals surface area contributed by atoms with E-state index in [1.165, 1.54) is 0 Å². The van der Waals surface area contributed by atoms with Crippen molar-refractivity contribution in [2.75, 3.05) is 19.5 Å². The highest BCUT2D eigenvalue weighted by Crippen LogP contribution is 2.31. The van der Waals surface area contributed by atoms with Crippen LogP contribution in [0.15, 0.2) is 29.3 Å². The smallest absolute Gasteiger partial charge is 0.327 e. The van der Waals surface area contributed by atoms with Crippen LogP contribution in [0.3, 0.4) is 0 Å². The summed E-state index contributed by atoms with van der Waals surface area (Å²) < 4.78 is 12.4. The fraction of sp³-hybridized carbons (Fsp3) is 0.444. The van der Waals surface area contributed by atoms with Crippen molar-refractivity contribution in [1.29, 1.82) is 0 Å². The van der Waals surface area contributed by atoms with Crippen molar-refractivity contribution in [3.63, 3.8) is 0 Å². The van der Waals surface area contributed by atoms with Crippen LogP contribution < -0.4 is 15.7 Å². The average molecular weight is 370 g/mol. The van der Waals surface area contributed by atoms with Crippen LogP contribution in [0.25, 0.3) is 11.2 Å². The Labute approximate surface area is 155 Å². The maximum absolute atomic E-state index is 12.5. The molecule has 2 N–H and O–H groups in total. The fourth-order valence-corrected chi connectivity index (χ4v) is 3.62. The number of nitrogens with zero attached hydrogens (tertiary/aromatic N) is 4. The molecule has 3 aromatic rings. The third kappa shape index (κ3) is 3.37. The highest BCUT2D eigenvalue weighted by molar-refractivity contribution is 5.72. The summed E-state index contributed by atoms with van der Waals surface area (Å²) in [4.78, 5) is 28.4. The number of hydrogen-bond acceptors (Lipinski definition) is 7. The minimum Gasteiger partial charge on any atom is -0.480 e. The summed E-state index contributed by atoms with van der Waals surface area (Å²) in [6, 6.07) is 3.73. The van der Waals surface area contributed by atoms with Gasteiger partial charge >= 0.3 is 5.69 Å². The number of aromatic amines is 1. The van der Waals surface area contributed by atoms with Crippen molar-refractivity contribution in [2.24, 2.45) is 0 Å². The molecule has 9 nitrogen and oxygen atoms in total. The van der Waals surface area contributed by atoms with Gasteiger partial charge in [0.2, 0.25) is 11.8 Å². The predicted octanol–water partition coefficient (Wildman–Crippen LogP) is 2.40. The summed E-state index contributed by atoms with van der Waals surface area (Å²) in [7, 11) is 3.29. The summed E-state index contributed by atoms with van der Waals surface area (Å²) in [6.07, 6.45) is 7.17. The van der Waals surface area contributed by atoms with Gasteiger partial charge in [0.1, 0.15) is 11.2 Å². The van der Waals surface area contributed by atoms with Gasteiger partial charge < -0.3 is 19.8 Å². The van der Waals surface area contributed by atoms with Crippen molar-refractivity contribution >= 4 is 22.8 Å². The lowest BCUT2D eigenvalue weighted by molar-refractivity contribution is 0.0585. The van der Waals surface area contributed by atoms with Gasteiger partial charge in [-0.05, 0) is 37.8 Å². The first kappa shape index (κ1) is 17.5. The van der Waals surface area contributed by atoms with Gasteiger partial charge in [-0.15, -0.1) is 0 Å². The van der Waals surface area contributed by atoms with E-state index in [1.54, 1.807) is 37.2 Å². The number of anilines is 2. The molecule has 0 aliphatic heterocycles. The zero-order chi connectivity index (χ0) is 18.8. The second kappa shape index (κ2) is 7.36. The molecule has 27 heavy (non-hydrogen) atoms. The first-order chi connectivity index (χ1) is 13.2. The second-order valence-corrected chi connectivity index (χ2v) is 6.58. The number of aromatic nitrogens is 5. The molecule has 4 rings (SSSR count). The summed E-state index contributed by atoms with van der Waals surface area (Å²) in [5, 5.41) is 3.11. The lowest BCUT2D eigenvalue weighted by Gasteiger charge is -2.28. The van der Waals surface area contributed by atoms with E-state index in [2.05, 4.69) is 25.3 Å². The highest BCUT2D eigenvalue weighted by atomic mass is 16.5. The molecule has 0 unspecified atom stereocenters. The SMILES string of the molecule is COc1ncccc1Nc1ncc2[nH]c(=O)n([C@H]3CC[C@H](OC)CC3)c2n1. The predicted molar refractivity (Wildman–Crippen MR) is 101 cm³/mol. The van der Waals surface area contributed by atoms with E-state index in [-0.39, 0.29) is 17.8 Å². The van der Waals surface area contributed by atoms with Crippen LogP contribution in [0, 0.1) is 0 Å². The van der Waals surface area contributed by atoms with Gasteiger partial charge in [-0.2, -0.15) is 4.98 Å². The van der Waals surface area contributed by atoms with Gasteiger partial charge in [-0.3, -0.25) is 4.57 Å². The number of ether oxygens (including phenoxy) is 2. The van der Waals surface area contributed by atoms with Gasteiger partial charge in [-0.25, -0.2) is 14.8 Å². The fourth-order valence-electron chi connectivity index (χ4n) is 3.62. The Morgan fingerprint density at radius 2 is 2.04 bits per heavy atom. The Kier molecular flexibility index (Phi) is 4.76. The largest absolute Gasteiger partial charge is 0.480 e. The van der Waals surface area contributed by atoms with Crippen LogP contribution in [0.5, 0.6) is 5.88 Å². The van der Waals surface area contributed by atoms with E-state index >= 15 is 0 Å². The average Bonchev–Trinajstić information content (AvgIpc) is 3.03. The summed E-state index contributed by atoms with van der Waals surface area (Å²) in [5.74, 6) is 0.831. The van der Waals surface area contributed by atoms with Gasteiger partial charge in [0.25, 0.3) is 0 Å². The van der Waals surface area contributed by atoms with Crippen LogP contribution in [-0.2, 0) is 4.74 Å². The van der Waals surface area contributed by atoms with E-state index in [1.807, 2.05) is 6.07 Å². The van der Waals surface area contributed by atoms with Crippen molar-refractivity contribution in [3.8, 4) is 5.88 Å². The van der Waals surface area contributed by atoms with Crippen molar-refractivity contribution < 1.29 is 9.47 Å². The molecule has 1 aliphatic carbocycles. The third-order valence-electron chi connectivity index (χ3n) is 5.01. The standard InChI is InChI=1S/C18H22N6O3/c1-26-12-7-5-11(6-8-12)24-15-14(22-18(24)25)10-20-17(23-15)21-13-4-3-9-19-16(13)27-2/h3-4,9-12H,5-8H2,1-2H3,(H,22,25)(H,20,21,23)/t11-,12-. The Morgan fingerprint density at radius 1 is 1.22 bits per heavy atom. The maximum Gasteiger partial charge on any atom is 0.327 e. The Bertz CT molecular complexity index is 990. The van der Waals surface area contributed by atoms with Crippen LogP contribution in [0.4, 0.5) is 11.6 Å². The molecule has 0 aromatic carbocycles. The lowest BCUT2D eigenvalue weighted by atomic mass is 9.93. The number of hydrogen-bond donors (Lipinski definition) is 2. The number of pyridine rings is 1. The Balaban J connectivity index is 1.67. The lowest BCUT2D eigenvalue weighted by Crippen LogP contribution is -2.28. The van der Waals surface area contributed by atoms with Crippen LogP contribution in [0.1, 0.15) is 31.7 Å². The summed E-state index contributed by atoms with van der Waals surface area (Å²) in [6.45, 7) is 0. The zero-order valence-corrected chi connectivity index (χ0v) is 15.3. The molecule has 0 amide bonds. The van der Waals surface area contributed by atoms with Crippen LogP contribution >= 0.6 is 0 Å². The Hall–Kier alpha value is -2.94. The van der Waals surface area contributed by atoms with E-state index < -0.39 is 0 Å². The zero-order valence-electron chi connectivity index (χ0n) is 15.3. The van der Waals surface area contributed by atoms with Crippen LogP contribution in [-0.4, -0.2) is 44.8 Å². The number of H-pyrrole nitrogens is 1. The summed E-state index contributed by atoms with van der Waals surface area (Å²) >= 11 is 0. The monoisotopic (exact) mass is 370 g/mol. The van der Waals surface area contributed by atoms with E-state index in [4.69, 9.17) is 9.47 Å². The molecule has 0 spiro atoms. The molecule has 142 valence electrons. The molecule has 9 heteroatoms. The molecule has 0 saturated heterocycles. The highest BCUT2D eigenvalue weighted by Gasteiger charge is 2.25. The molecule has 1 saturated carbocycles. The van der Waals surface area contributed by atoms with Crippen molar-refractivity contribution in [3.05, 3.63) is 35.0 Å². The number of methoxy groups -OCH3 is 2. The molecule has 3 heterocycles. The van der Waals surface area contributed by atoms with Crippen molar-refractivity contribution in [1.82, 2.24) is 24.5 Å². The Morgan fingerprint density at radius 3 is 2.78 bits per heavy atom. The topological polar surface area (TPSA) is 107 Å². The van der Waals surface area contributed by atoms with E-state index in [0.717, 1.165) is 25.7 Å². The van der Waals surface area contributed by atoms with Gasteiger partial charge in [0, 0.05) is 19.3 Å². The number of imidazole rings is 1. The molecule has 1 fully saturated rings. The second-order valence-electron chi connectivity index (χ2n) is 6.58. The van der Waals surface area contributed by atoms with E-state index in [9.17, 15) is 4.79 Å². The minimum atomic E-state index is -0.156. The van der Waals surface area contributed by atoms with E-state index in [0.29, 0.717) is 28.7 Å². The normalized spacial score (nSPS) is 19.9. The van der Waals surface area contributed by atoms with Gasteiger partial charge in [0.15, 0.2) is 5.65 Å². The maximum atomic E-state index is 12.5. The molecular formula is C18H22N6O3. The first-order valence-corrected chi connectivity index (χ1v) is 8.95. The third-order valence-corrected chi connectivity index (χ3v) is 5.01. The molecule has 3 aromatic heterocycles. The molecular weight excluding hydrogens is 348 g/mol. The van der Waals surface area contributed by atoms with Gasteiger partial charge in [-0.1, -0.05) is 0 Å². The molecule has 1 aliphatic rings. The number of nitrogens with one attached hydrogen (secondary N) is 2. The van der Waals surface area contributed by atoms with Crippen LogP contribution in [0.2, 0.25) is 0 Å². The molecule has 0 atom stereocenters. The molecule has 0 bridgehead atoms. The van der Waals surface area contributed by atoms with Crippen molar-refractivity contribution in [2.45, 2.75) is 37.8 Å². The minimum absolute atomic E-state index is 0.105. The molecule has 0 radical (unpaired) electrons. The van der Waals surface area contributed by atoms with Gasteiger partial charge in [0.05, 0.1) is 19.4 Å².